The summed E-state index contributed by atoms with van der Waals surface area (Å²) in [7, 11) is 0. The monoisotopic (exact) mass is 452 g/mol. The van der Waals surface area contributed by atoms with Crippen molar-refractivity contribution in [2.75, 3.05) is 0 Å². The Morgan fingerprint density at radius 2 is 1.67 bits per heavy atom. The van der Waals surface area contributed by atoms with Gasteiger partial charge in [0.05, 0.1) is 22.3 Å². The van der Waals surface area contributed by atoms with Crippen LogP contribution >= 0.6 is 35.2 Å². The van der Waals surface area contributed by atoms with Gasteiger partial charge in [-0.2, -0.15) is 0 Å². The zero-order chi connectivity index (χ0) is 20.8. The lowest BCUT2D eigenvalue weighted by Crippen LogP contribution is -2.23. The number of para-hydroxylation sites is 1. The average molecular weight is 453 g/mol. The molecule has 3 nitrogen and oxygen atoms in total. The largest absolute Gasteiger partial charge is 0.288 e. The Labute approximate surface area is 185 Å². The van der Waals surface area contributed by atoms with E-state index in [0.717, 1.165) is 21.5 Å². The van der Waals surface area contributed by atoms with Gasteiger partial charge in [-0.1, -0.05) is 54.1 Å². The molecule has 7 heteroatoms. The van der Waals surface area contributed by atoms with Crippen LogP contribution < -0.4 is 5.56 Å². The highest BCUT2D eigenvalue weighted by Crippen LogP contribution is 2.33. The molecular weight excluding hydrogens is 439 g/mol. The lowest BCUT2D eigenvalue weighted by Gasteiger charge is -2.14. The van der Waals surface area contributed by atoms with Gasteiger partial charge in [-0.15, -0.1) is 11.3 Å². The topological polar surface area (TPSA) is 26.4 Å². The summed E-state index contributed by atoms with van der Waals surface area (Å²) in [5.41, 5.74) is 2.95. The van der Waals surface area contributed by atoms with E-state index in [4.69, 9.17) is 23.8 Å². The minimum absolute atomic E-state index is 0.123. The quantitative estimate of drug-likeness (QED) is 0.290. The van der Waals surface area contributed by atoms with Crippen molar-refractivity contribution in [3.05, 3.63) is 104 Å². The summed E-state index contributed by atoms with van der Waals surface area (Å²) in [6.07, 6.45) is 0. The van der Waals surface area contributed by atoms with Gasteiger partial charge in [0.25, 0.3) is 5.56 Å². The van der Waals surface area contributed by atoms with E-state index in [9.17, 15) is 9.18 Å². The normalized spacial score (nSPS) is 11.4. The van der Waals surface area contributed by atoms with Crippen LogP contribution in [0.15, 0.2) is 77.6 Å². The van der Waals surface area contributed by atoms with Gasteiger partial charge in [-0.25, -0.2) is 4.39 Å². The fourth-order valence-electron chi connectivity index (χ4n) is 3.65. The van der Waals surface area contributed by atoms with Crippen LogP contribution in [-0.2, 0) is 6.54 Å². The molecule has 0 atom stereocenters. The molecule has 0 aliphatic heterocycles. The SMILES string of the molecule is O=c1c2ccccc2n2c(=S)sc(-c3ccc(F)cc3)c2n1Cc1ccccc1Cl. The molecule has 0 aliphatic carbocycles. The van der Waals surface area contributed by atoms with Crippen LogP contribution in [-0.4, -0.2) is 8.97 Å². The molecule has 148 valence electrons. The van der Waals surface area contributed by atoms with E-state index in [2.05, 4.69) is 0 Å². The highest BCUT2D eigenvalue weighted by Gasteiger charge is 2.19. The first-order valence-electron chi connectivity index (χ1n) is 9.21. The molecule has 0 saturated carbocycles. The third-order valence-electron chi connectivity index (χ3n) is 5.06. The Hall–Kier alpha value is -2.80. The minimum atomic E-state index is -0.315. The predicted octanol–water partition coefficient (Wildman–Crippen LogP) is 6.55. The summed E-state index contributed by atoms with van der Waals surface area (Å²) in [5.74, 6) is -0.315. The van der Waals surface area contributed by atoms with Crippen LogP contribution in [0.25, 0.3) is 27.0 Å². The van der Waals surface area contributed by atoms with Crippen molar-refractivity contribution in [1.82, 2.24) is 8.97 Å². The Morgan fingerprint density at radius 3 is 2.43 bits per heavy atom. The highest BCUT2D eigenvalue weighted by molar-refractivity contribution is 7.73. The maximum atomic E-state index is 13.5. The number of hydrogen-bond donors (Lipinski definition) is 0. The number of halogens is 2. The molecule has 0 spiro atoms. The first-order valence-corrected chi connectivity index (χ1v) is 10.8. The Kier molecular flexibility index (Phi) is 4.77. The average Bonchev–Trinajstić information content (AvgIpc) is 3.10. The van der Waals surface area contributed by atoms with Crippen molar-refractivity contribution in [3.8, 4) is 10.4 Å². The highest BCUT2D eigenvalue weighted by atomic mass is 35.5. The molecule has 0 bridgehead atoms. The summed E-state index contributed by atoms with van der Waals surface area (Å²) >= 11 is 13.5. The summed E-state index contributed by atoms with van der Waals surface area (Å²) < 4.78 is 17.8. The van der Waals surface area contributed by atoms with Crippen molar-refractivity contribution in [2.24, 2.45) is 0 Å². The van der Waals surface area contributed by atoms with Crippen LogP contribution in [0.1, 0.15) is 5.56 Å². The number of thiazole rings is 1. The maximum Gasteiger partial charge on any atom is 0.261 e. The second kappa shape index (κ2) is 7.47. The summed E-state index contributed by atoms with van der Waals surface area (Å²) in [5, 5.41) is 1.17. The van der Waals surface area contributed by atoms with Gasteiger partial charge >= 0.3 is 0 Å². The number of benzene rings is 3. The molecule has 0 aliphatic rings. The van der Waals surface area contributed by atoms with Crippen molar-refractivity contribution in [2.45, 2.75) is 6.54 Å². The third kappa shape index (κ3) is 3.08. The molecule has 0 amide bonds. The number of hydrogen-bond acceptors (Lipinski definition) is 3. The van der Waals surface area contributed by atoms with Crippen LogP contribution in [0.3, 0.4) is 0 Å². The van der Waals surface area contributed by atoms with Crippen LogP contribution in [0, 0.1) is 9.77 Å². The molecule has 0 fully saturated rings. The van der Waals surface area contributed by atoms with E-state index < -0.39 is 0 Å². The lowest BCUT2D eigenvalue weighted by molar-refractivity contribution is 0.628. The Bertz CT molecular complexity index is 1530. The molecule has 5 aromatic rings. The minimum Gasteiger partial charge on any atom is -0.288 e. The zero-order valence-electron chi connectivity index (χ0n) is 15.5. The van der Waals surface area contributed by atoms with Crippen molar-refractivity contribution >= 4 is 51.7 Å². The molecule has 2 heterocycles. The first-order chi connectivity index (χ1) is 14.5. The van der Waals surface area contributed by atoms with E-state index in [1.165, 1.54) is 23.5 Å². The fraction of sp³-hybridized carbons (Fsp3) is 0.0435. The maximum absolute atomic E-state index is 13.5. The standard InChI is InChI=1S/C23H14ClFN2OS2/c24-18-7-3-1-5-15(18)13-26-21-20(14-9-11-16(25)12-10-14)30-23(29)27(21)19-8-4-2-6-17(19)22(26)28/h1-12H,13H2. The molecular formula is C23H14ClFN2OS2. The van der Waals surface area contributed by atoms with Crippen LogP contribution in [0.2, 0.25) is 5.02 Å². The second-order valence-corrected chi connectivity index (χ2v) is 8.91. The Morgan fingerprint density at radius 1 is 0.967 bits per heavy atom. The number of nitrogens with zero attached hydrogens (tertiary/aromatic N) is 2. The predicted molar refractivity (Wildman–Crippen MR) is 124 cm³/mol. The van der Waals surface area contributed by atoms with Gasteiger partial charge in [0.15, 0.2) is 3.95 Å². The van der Waals surface area contributed by atoms with E-state index >= 15 is 0 Å². The Balaban J connectivity index is 1.92. The van der Waals surface area contributed by atoms with Gasteiger partial charge < -0.3 is 0 Å². The molecule has 0 radical (unpaired) electrons. The molecule has 0 N–H and O–H groups in total. The van der Waals surface area contributed by atoms with Gasteiger partial charge in [-0.05, 0) is 53.7 Å². The van der Waals surface area contributed by atoms with Crippen molar-refractivity contribution < 1.29 is 4.39 Å². The molecule has 5 rings (SSSR count). The molecule has 0 saturated heterocycles. The summed E-state index contributed by atoms with van der Waals surface area (Å²) in [4.78, 5) is 14.3. The summed E-state index contributed by atoms with van der Waals surface area (Å²) in [6, 6.07) is 21.1. The summed E-state index contributed by atoms with van der Waals surface area (Å²) in [6.45, 7) is 0.298. The van der Waals surface area contributed by atoms with Gasteiger partial charge in [-0.3, -0.25) is 13.8 Å². The van der Waals surface area contributed by atoms with E-state index in [1.807, 2.05) is 40.8 Å². The molecule has 0 unspecified atom stereocenters. The zero-order valence-corrected chi connectivity index (χ0v) is 17.9. The van der Waals surface area contributed by atoms with Crippen molar-refractivity contribution in [3.63, 3.8) is 0 Å². The van der Waals surface area contributed by atoms with Crippen molar-refractivity contribution in [1.29, 1.82) is 0 Å². The van der Waals surface area contributed by atoms with Gasteiger partial charge in [0, 0.05) is 5.02 Å². The van der Waals surface area contributed by atoms with E-state index in [1.54, 1.807) is 28.8 Å². The van der Waals surface area contributed by atoms with Gasteiger partial charge in [0.1, 0.15) is 11.5 Å². The first kappa shape index (κ1) is 19.2. The fourth-order valence-corrected chi connectivity index (χ4v) is 5.27. The van der Waals surface area contributed by atoms with Crippen LogP contribution in [0.4, 0.5) is 4.39 Å². The molecule has 30 heavy (non-hydrogen) atoms. The smallest absolute Gasteiger partial charge is 0.261 e. The van der Waals surface area contributed by atoms with Crippen LogP contribution in [0.5, 0.6) is 0 Å². The molecule has 3 aromatic carbocycles. The van der Waals surface area contributed by atoms with E-state index in [0.29, 0.717) is 26.6 Å². The molecule has 2 aromatic heterocycles. The number of aromatic nitrogens is 2. The third-order valence-corrected chi connectivity index (χ3v) is 6.84. The number of rotatable bonds is 3. The van der Waals surface area contributed by atoms with Gasteiger partial charge in [0.2, 0.25) is 0 Å². The number of fused-ring (bicyclic) bond motifs is 3. The second-order valence-electron chi connectivity index (χ2n) is 6.86. The van der Waals surface area contributed by atoms with E-state index in [-0.39, 0.29) is 11.4 Å². The lowest BCUT2D eigenvalue weighted by atomic mass is 10.1.